The molecule has 0 aliphatic carbocycles. The summed E-state index contributed by atoms with van der Waals surface area (Å²) in [5, 5.41) is 10.6. The number of pyridine rings is 2. The minimum Gasteiger partial charge on any atom is -1.00 e. The third-order valence-electron chi connectivity index (χ3n) is 5.95. The summed E-state index contributed by atoms with van der Waals surface area (Å²) >= 11 is 0. The van der Waals surface area contributed by atoms with E-state index in [1.54, 1.807) is 24.8 Å². The minimum absolute atomic E-state index is 0. The molecular formula is C29H39BrMgN4O2. The van der Waals surface area contributed by atoms with Gasteiger partial charge in [0, 0.05) is 82.9 Å². The first-order valence-corrected chi connectivity index (χ1v) is 11.8. The molecule has 0 atom stereocenters. The number of ketones is 1. The maximum atomic E-state index is 10.8. The van der Waals surface area contributed by atoms with E-state index in [1.807, 2.05) is 24.3 Å². The second-order valence-electron chi connectivity index (χ2n) is 8.36. The van der Waals surface area contributed by atoms with Crippen molar-refractivity contribution in [3.05, 3.63) is 60.7 Å². The van der Waals surface area contributed by atoms with Crippen molar-refractivity contribution in [1.82, 2.24) is 19.8 Å². The molecule has 37 heavy (non-hydrogen) atoms. The molecular weight excluding hydrogens is 541 g/mol. The summed E-state index contributed by atoms with van der Waals surface area (Å²) in [7, 11) is 0. The van der Waals surface area contributed by atoms with E-state index in [-0.39, 0.29) is 47.5 Å². The van der Waals surface area contributed by atoms with Gasteiger partial charge in [0.1, 0.15) is 5.78 Å². The van der Waals surface area contributed by atoms with E-state index in [0.29, 0.717) is 18.6 Å². The molecule has 0 unspecified atom stereocenters. The molecule has 8 heteroatoms. The van der Waals surface area contributed by atoms with Gasteiger partial charge in [-0.25, -0.2) is 12.1 Å². The van der Waals surface area contributed by atoms with Gasteiger partial charge in [0.25, 0.3) is 0 Å². The number of carbonyl (C=O) groups excluding carboxylic acids is 1. The van der Waals surface area contributed by atoms with Crippen LogP contribution in [0.2, 0.25) is 0 Å². The van der Waals surface area contributed by atoms with Gasteiger partial charge in [0.05, 0.1) is 5.60 Å². The molecule has 2 fully saturated rings. The molecule has 0 saturated carbocycles. The number of piperidine rings is 2. The molecule has 196 valence electrons. The van der Waals surface area contributed by atoms with Gasteiger partial charge in [0.2, 0.25) is 0 Å². The SMILES string of the molecule is C.C#CCCN1CCC(=O)CC1.C#CCCN1CCC(O)(c2cccnc2)CC1.[Br-].[Mg+2].[c-]1cccnc1. The Labute approximate surface area is 250 Å². The van der Waals surface area contributed by atoms with Gasteiger partial charge in [-0.2, -0.15) is 6.07 Å². The van der Waals surface area contributed by atoms with Gasteiger partial charge in [-0.05, 0) is 18.9 Å². The van der Waals surface area contributed by atoms with Crippen molar-refractivity contribution in [2.75, 3.05) is 39.3 Å². The van der Waals surface area contributed by atoms with Crippen LogP contribution in [0.4, 0.5) is 0 Å². The average Bonchev–Trinajstić information content (AvgIpc) is 2.90. The number of halogens is 1. The van der Waals surface area contributed by atoms with Gasteiger partial charge in [-0.1, -0.05) is 25.9 Å². The largest absolute Gasteiger partial charge is 2.00 e. The molecule has 0 spiro atoms. The molecule has 2 aliphatic heterocycles. The Morgan fingerprint density at radius 1 is 0.973 bits per heavy atom. The van der Waals surface area contributed by atoms with E-state index in [1.165, 1.54) is 0 Å². The van der Waals surface area contributed by atoms with Crippen molar-refractivity contribution in [3.63, 3.8) is 0 Å². The van der Waals surface area contributed by atoms with Gasteiger partial charge in [0.15, 0.2) is 0 Å². The van der Waals surface area contributed by atoms with Crippen LogP contribution in [-0.4, -0.2) is 93.0 Å². The van der Waals surface area contributed by atoms with Crippen molar-refractivity contribution in [3.8, 4) is 24.7 Å². The minimum atomic E-state index is -0.707. The smallest absolute Gasteiger partial charge is 1.00 e. The number of hydrogen-bond acceptors (Lipinski definition) is 6. The van der Waals surface area contributed by atoms with Crippen LogP contribution in [0.25, 0.3) is 0 Å². The maximum Gasteiger partial charge on any atom is 2.00 e. The summed E-state index contributed by atoms with van der Waals surface area (Å²) < 4.78 is 0. The Morgan fingerprint density at radius 3 is 1.95 bits per heavy atom. The number of aliphatic hydroxyl groups is 1. The van der Waals surface area contributed by atoms with E-state index in [0.717, 1.165) is 70.5 Å². The van der Waals surface area contributed by atoms with Gasteiger partial charge < -0.3 is 36.9 Å². The Balaban J connectivity index is 0. The van der Waals surface area contributed by atoms with E-state index in [2.05, 4.69) is 37.7 Å². The first-order chi connectivity index (χ1) is 16.6. The molecule has 4 heterocycles. The first-order valence-electron chi connectivity index (χ1n) is 11.8. The van der Waals surface area contributed by atoms with Crippen LogP contribution in [0.3, 0.4) is 0 Å². The van der Waals surface area contributed by atoms with Crippen LogP contribution in [0.5, 0.6) is 0 Å². The fourth-order valence-electron chi connectivity index (χ4n) is 3.82. The normalized spacial score (nSPS) is 16.2. The fraction of sp³-hybridized carbons (Fsp3) is 0.483. The van der Waals surface area contributed by atoms with E-state index in [4.69, 9.17) is 12.8 Å². The summed E-state index contributed by atoms with van der Waals surface area (Å²) in [6.45, 7) is 5.48. The topological polar surface area (TPSA) is 69.6 Å². The fourth-order valence-corrected chi connectivity index (χ4v) is 3.82. The molecule has 0 aromatic carbocycles. The van der Waals surface area contributed by atoms with Crippen molar-refractivity contribution < 1.29 is 26.9 Å². The van der Waals surface area contributed by atoms with Gasteiger partial charge in [-0.3, -0.25) is 9.78 Å². The summed E-state index contributed by atoms with van der Waals surface area (Å²) in [6.07, 6.45) is 21.7. The number of nitrogens with zero attached hydrogens (tertiary/aromatic N) is 4. The number of rotatable bonds is 5. The molecule has 2 aromatic rings. The number of terminal acetylenes is 2. The zero-order chi connectivity index (χ0) is 24.5. The molecule has 1 N–H and O–H groups in total. The Bertz CT molecular complexity index is 874. The molecule has 2 aliphatic rings. The molecule has 0 radical (unpaired) electrons. The number of likely N-dealkylation sites (tertiary alicyclic amines) is 2. The number of hydrogen-bond donors (Lipinski definition) is 1. The van der Waals surface area contributed by atoms with Crippen LogP contribution in [-0.2, 0) is 10.4 Å². The van der Waals surface area contributed by atoms with E-state index < -0.39 is 5.60 Å². The van der Waals surface area contributed by atoms with E-state index in [9.17, 15) is 9.90 Å². The van der Waals surface area contributed by atoms with Crippen molar-refractivity contribution in [1.29, 1.82) is 0 Å². The number of Topliss-reactive ketones (excluding diaryl/α,β-unsaturated/α-hetero) is 1. The quantitative estimate of drug-likeness (QED) is 0.310. The summed E-state index contributed by atoms with van der Waals surface area (Å²) in [6, 6.07) is 10.2. The molecule has 0 bridgehead atoms. The van der Waals surface area contributed by atoms with Crippen molar-refractivity contribution >= 4 is 28.8 Å². The van der Waals surface area contributed by atoms with Gasteiger partial charge >= 0.3 is 23.1 Å². The molecule has 4 rings (SSSR count). The van der Waals surface area contributed by atoms with Gasteiger partial charge in [-0.15, -0.1) is 24.7 Å². The zero-order valence-electron chi connectivity index (χ0n) is 21.0. The van der Waals surface area contributed by atoms with E-state index >= 15 is 0 Å². The predicted octanol–water partition coefficient (Wildman–Crippen LogP) is 0.204. The van der Waals surface area contributed by atoms with Crippen LogP contribution in [0.15, 0.2) is 49.1 Å². The standard InChI is InChI=1S/C14H18N2O.C9H13NO.C5H4N.CH4.BrH.Mg/c1-2-3-9-16-10-6-14(17,7-11-16)13-5-4-8-15-12-13;1-2-3-6-10-7-4-9(11)5-8-10;1-2-4-6-5-3-1;;;/h1,4-5,8,12,17H,3,6-7,9-11H2;1H,3-8H2;1-2,4-5H;1H4;1H;/q;;-1;;;+2/p-1. The summed E-state index contributed by atoms with van der Waals surface area (Å²) in [4.78, 5) is 23.2. The molecule has 2 saturated heterocycles. The monoisotopic (exact) mass is 578 g/mol. The van der Waals surface area contributed by atoms with Crippen LogP contribution >= 0.6 is 0 Å². The summed E-state index contributed by atoms with van der Waals surface area (Å²) in [5.41, 5.74) is 0.220. The third-order valence-corrected chi connectivity index (χ3v) is 5.95. The first kappa shape index (κ1) is 37.4. The Morgan fingerprint density at radius 2 is 1.54 bits per heavy atom. The Kier molecular flexibility index (Phi) is 22.4. The second-order valence-corrected chi connectivity index (χ2v) is 8.36. The Hall–Kier alpha value is -1.78. The predicted molar refractivity (Wildman–Crippen MR) is 147 cm³/mol. The van der Waals surface area contributed by atoms with Crippen molar-refractivity contribution in [2.45, 2.75) is 51.6 Å². The third kappa shape index (κ3) is 15.3. The number of aromatic nitrogens is 2. The maximum absolute atomic E-state index is 10.8. The van der Waals surface area contributed by atoms with Crippen LogP contribution in [0.1, 0.15) is 51.5 Å². The van der Waals surface area contributed by atoms with Crippen LogP contribution < -0.4 is 17.0 Å². The average molecular weight is 580 g/mol. The second kappa shape index (κ2) is 22.2. The molecule has 2 aromatic heterocycles. The molecule has 0 amide bonds. The zero-order valence-corrected chi connectivity index (χ0v) is 24.0. The van der Waals surface area contributed by atoms with Crippen LogP contribution in [0, 0.1) is 30.8 Å². The summed E-state index contributed by atoms with van der Waals surface area (Å²) in [5.74, 6) is 5.64. The molecule has 6 nitrogen and oxygen atoms in total. The van der Waals surface area contributed by atoms with Crippen molar-refractivity contribution in [2.24, 2.45) is 0 Å². The number of carbonyl (C=O) groups is 1.